The average Bonchev–Trinajstić information content (AvgIpc) is 2.52. The summed E-state index contributed by atoms with van der Waals surface area (Å²) in [6.07, 6.45) is 3.27. The number of hydrogen-bond donors (Lipinski definition) is 4. The number of benzene rings is 1. The molecule has 6 nitrogen and oxygen atoms in total. The van der Waals surface area contributed by atoms with E-state index in [0.717, 1.165) is 25.9 Å². The molecule has 2 rings (SSSR count). The van der Waals surface area contributed by atoms with Gasteiger partial charge in [-0.15, -0.1) is 0 Å². The predicted octanol–water partition coefficient (Wildman–Crippen LogP) is 1.29. The van der Waals surface area contributed by atoms with E-state index in [1.807, 2.05) is 4.90 Å². The summed E-state index contributed by atoms with van der Waals surface area (Å²) in [5, 5.41) is 31.5. The lowest BCUT2D eigenvalue weighted by molar-refractivity contribution is -0.133. The number of rotatable bonds is 4. The van der Waals surface area contributed by atoms with Crippen LogP contribution in [0, 0.1) is 0 Å². The molecule has 1 aromatic rings. The summed E-state index contributed by atoms with van der Waals surface area (Å²) in [5.74, 6) is -1.21. The maximum absolute atomic E-state index is 12.2. The number of aromatic hydroxyl groups is 3. The van der Waals surface area contributed by atoms with Gasteiger partial charge in [0, 0.05) is 25.2 Å². The van der Waals surface area contributed by atoms with Crippen molar-refractivity contribution < 1.29 is 20.1 Å². The lowest BCUT2D eigenvalue weighted by Gasteiger charge is -2.29. The molecular weight excluding hydrogens is 272 g/mol. The van der Waals surface area contributed by atoms with E-state index in [-0.39, 0.29) is 30.0 Å². The van der Waals surface area contributed by atoms with Gasteiger partial charge in [-0.3, -0.25) is 4.79 Å². The molecule has 0 spiro atoms. The van der Waals surface area contributed by atoms with Crippen LogP contribution in [0.1, 0.15) is 31.7 Å². The third-order valence-corrected chi connectivity index (χ3v) is 3.85. The minimum atomic E-state index is -0.538. The molecule has 21 heavy (non-hydrogen) atoms. The molecule has 1 amide bonds. The lowest BCUT2D eigenvalue weighted by Crippen LogP contribution is -2.46. The number of likely N-dealkylation sites (tertiary alicyclic amines) is 1. The molecule has 1 aliphatic heterocycles. The number of amides is 1. The first-order valence-electron chi connectivity index (χ1n) is 7.25. The zero-order chi connectivity index (χ0) is 15.4. The lowest BCUT2D eigenvalue weighted by atomic mass is 10.1. The maximum Gasteiger partial charge on any atom is 0.239 e. The highest BCUT2D eigenvalue weighted by Gasteiger charge is 2.22. The molecule has 1 aromatic carbocycles. The largest absolute Gasteiger partial charge is 0.504 e. The van der Waals surface area contributed by atoms with Crippen LogP contribution in [0.2, 0.25) is 0 Å². The van der Waals surface area contributed by atoms with Gasteiger partial charge < -0.3 is 25.5 Å². The van der Waals surface area contributed by atoms with Crippen LogP contribution < -0.4 is 5.32 Å². The molecule has 0 radical (unpaired) electrons. The highest BCUT2D eigenvalue weighted by atomic mass is 16.3. The summed E-state index contributed by atoms with van der Waals surface area (Å²) in [6, 6.07) is 2.46. The molecule has 1 atom stereocenters. The number of hydrogen-bond acceptors (Lipinski definition) is 5. The summed E-state index contributed by atoms with van der Waals surface area (Å²) in [7, 11) is 0. The third kappa shape index (κ3) is 3.58. The molecule has 1 unspecified atom stereocenters. The van der Waals surface area contributed by atoms with E-state index in [4.69, 9.17) is 0 Å². The Morgan fingerprint density at radius 2 is 1.86 bits per heavy atom. The highest BCUT2D eigenvalue weighted by molar-refractivity contribution is 5.81. The van der Waals surface area contributed by atoms with Gasteiger partial charge in [0.15, 0.2) is 11.5 Å². The normalized spacial score (nSPS) is 16.7. The molecule has 0 aromatic heterocycles. The summed E-state index contributed by atoms with van der Waals surface area (Å²) < 4.78 is 0. The topological polar surface area (TPSA) is 93.0 Å². The van der Waals surface area contributed by atoms with Gasteiger partial charge in [0.2, 0.25) is 11.7 Å². The minimum Gasteiger partial charge on any atom is -0.504 e. The van der Waals surface area contributed by atoms with Gasteiger partial charge in [0.25, 0.3) is 0 Å². The van der Waals surface area contributed by atoms with E-state index in [1.54, 1.807) is 6.92 Å². The van der Waals surface area contributed by atoms with Crippen molar-refractivity contribution in [1.29, 1.82) is 0 Å². The van der Waals surface area contributed by atoms with Crippen molar-refractivity contribution in [2.45, 2.75) is 38.8 Å². The van der Waals surface area contributed by atoms with Crippen LogP contribution >= 0.6 is 0 Å². The number of nitrogens with one attached hydrogen (secondary N) is 1. The van der Waals surface area contributed by atoms with Crippen molar-refractivity contribution in [1.82, 2.24) is 10.2 Å². The second kappa shape index (κ2) is 6.67. The number of piperidine rings is 1. The van der Waals surface area contributed by atoms with Crippen LogP contribution in [-0.4, -0.2) is 45.3 Å². The molecule has 1 heterocycles. The van der Waals surface area contributed by atoms with Crippen molar-refractivity contribution >= 4 is 5.91 Å². The van der Waals surface area contributed by atoms with E-state index in [1.165, 1.54) is 18.6 Å². The zero-order valence-corrected chi connectivity index (χ0v) is 12.2. The minimum absolute atomic E-state index is 0.0530. The van der Waals surface area contributed by atoms with Gasteiger partial charge in [-0.1, -0.05) is 6.07 Å². The van der Waals surface area contributed by atoms with E-state index in [9.17, 15) is 20.1 Å². The van der Waals surface area contributed by atoms with Crippen LogP contribution in [0.25, 0.3) is 0 Å². The third-order valence-electron chi connectivity index (χ3n) is 3.85. The Kier molecular flexibility index (Phi) is 4.90. The number of nitrogens with zero attached hydrogens (tertiary/aromatic N) is 1. The summed E-state index contributed by atoms with van der Waals surface area (Å²) >= 11 is 0. The van der Waals surface area contributed by atoms with Gasteiger partial charge in [0.05, 0.1) is 6.04 Å². The molecule has 0 bridgehead atoms. The first-order valence-corrected chi connectivity index (χ1v) is 7.25. The Labute approximate surface area is 124 Å². The Morgan fingerprint density at radius 1 is 1.19 bits per heavy atom. The van der Waals surface area contributed by atoms with Gasteiger partial charge in [-0.05, 0) is 32.3 Å². The Morgan fingerprint density at radius 3 is 2.52 bits per heavy atom. The fraction of sp³-hybridized carbons (Fsp3) is 0.533. The van der Waals surface area contributed by atoms with Gasteiger partial charge in [0.1, 0.15) is 0 Å². The van der Waals surface area contributed by atoms with Gasteiger partial charge in [-0.25, -0.2) is 0 Å². The van der Waals surface area contributed by atoms with Crippen molar-refractivity contribution in [3.8, 4) is 17.2 Å². The highest BCUT2D eigenvalue weighted by Crippen LogP contribution is 2.36. The molecule has 1 aliphatic rings. The Bertz CT molecular complexity index is 513. The summed E-state index contributed by atoms with van der Waals surface area (Å²) in [4.78, 5) is 14.1. The molecule has 4 N–H and O–H groups in total. The van der Waals surface area contributed by atoms with E-state index in [2.05, 4.69) is 5.32 Å². The zero-order valence-electron chi connectivity index (χ0n) is 12.2. The van der Waals surface area contributed by atoms with Crippen molar-refractivity contribution in [3.63, 3.8) is 0 Å². The van der Waals surface area contributed by atoms with Gasteiger partial charge in [-0.2, -0.15) is 0 Å². The SMILES string of the molecule is CC(NCc1ccc(O)c(O)c1O)C(=O)N1CCCCC1. The summed E-state index contributed by atoms with van der Waals surface area (Å²) in [5.41, 5.74) is 0.434. The van der Waals surface area contributed by atoms with Crippen LogP contribution in [0.15, 0.2) is 12.1 Å². The number of phenolic OH excluding ortho intramolecular Hbond substituents is 3. The van der Waals surface area contributed by atoms with Crippen LogP contribution in [0.3, 0.4) is 0 Å². The van der Waals surface area contributed by atoms with Crippen molar-refractivity contribution in [3.05, 3.63) is 17.7 Å². The number of carbonyl (C=O) groups is 1. The second-order valence-electron chi connectivity index (χ2n) is 5.43. The fourth-order valence-corrected chi connectivity index (χ4v) is 2.49. The molecule has 1 saturated heterocycles. The molecule has 0 saturated carbocycles. The van der Waals surface area contributed by atoms with E-state index < -0.39 is 5.75 Å². The van der Waals surface area contributed by atoms with E-state index in [0.29, 0.717) is 5.56 Å². The predicted molar refractivity (Wildman–Crippen MR) is 78.2 cm³/mol. The molecule has 6 heteroatoms. The fourth-order valence-electron chi connectivity index (χ4n) is 2.49. The summed E-state index contributed by atoms with van der Waals surface area (Å²) in [6.45, 7) is 3.63. The maximum atomic E-state index is 12.2. The Hall–Kier alpha value is -1.95. The number of carbonyl (C=O) groups excluding carboxylic acids is 1. The van der Waals surface area contributed by atoms with Crippen molar-refractivity contribution in [2.75, 3.05) is 13.1 Å². The quantitative estimate of drug-likeness (QED) is 0.628. The monoisotopic (exact) mass is 294 g/mol. The van der Waals surface area contributed by atoms with Crippen LogP contribution in [0.5, 0.6) is 17.2 Å². The van der Waals surface area contributed by atoms with Crippen molar-refractivity contribution in [2.24, 2.45) is 0 Å². The second-order valence-corrected chi connectivity index (χ2v) is 5.43. The standard InChI is InChI=1S/C15H22N2O4/c1-10(15(21)17-7-3-2-4-8-17)16-9-11-5-6-12(18)14(20)13(11)19/h5-6,10,16,18-20H,2-4,7-9H2,1H3. The van der Waals surface area contributed by atoms with Crippen LogP contribution in [0.4, 0.5) is 0 Å². The molecule has 0 aliphatic carbocycles. The average molecular weight is 294 g/mol. The van der Waals surface area contributed by atoms with Gasteiger partial charge >= 0.3 is 0 Å². The molecular formula is C15H22N2O4. The smallest absolute Gasteiger partial charge is 0.239 e. The first-order chi connectivity index (χ1) is 10.0. The van der Waals surface area contributed by atoms with Crippen LogP contribution in [-0.2, 0) is 11.3 Å². The molecule has 116 valence electrons. The number of phenols is 3. The van der Waals surface area contributed by atoms with E-state index >= 15 is 0 Å². The molecule has 1 fully saturated rings. The first kappa shape index (κ1) is 15.4. The Balaban J connectivity index is 1.93.